The molecule has 1 N–H and O–H groups in total. The predicted octanol–water partition coefficient (Wildman–Crippen LogP) is 3.60. The molecule has 4 nitrogen and oxygen atoms in total. The molecule has 5 heteroatoms. The van der Waals surface area contributed by atoms with Crippen LogP contribution in [-0.2, 0) is 5.41 Å². The first kappa shape index (κ1) is 15.2. The highest BCUT2D eigenvalue weighted by atomic mass is 35.5. The summed E-state index contributed by atoms with van der Waals surface area (Å²) in [5.74, 6) is 0.904. The first-order valence-electron chi connectivity index (χ1n) is 7.56. The lowest BCUT2D eigenvalue weighted by Crippen LogP contribution is -2.46. The van der Waals surface area contributed by atoms with Gasteiger partial charge in [-0.2, -0.15) is 0 Å². The van der Waals surface area contributed by atoms with Crippen molar-refractivity contribution in [1.82, 2.24) is 5.32 Å². The minimum atomic E-state index is -0.235. The van der Waals surface area contributed by atoms with Gasteiger partial charge < -0.3 is 5.32 Å². The smallest absolute Gasteiger partial charge is 0.136 e. The maximum Gasteiger partial charge on any atom is 0.136 e. The lowest BCUT2D eigenvalue weighted by Gasteiger charge is -2.35. The normalized spacial score (nSPS) is 26.5. The molecule has 1 aromatic rings. The summed E-state index contributed by atoms with van der Waals surface area (Å²) in [6.45, 7) is 6.68. The van der Waals surface area contributed by atoms with Crippen LogP contribution >= 0.6 is 11.6 Å². The van der Waals surface area contributed by atoms with E-state index in [9.17, 15) is 0 Å². The molecule has 2 aliphatic rings. The van der Waals surface area contributed by atoms with E-state index in [1.807, 2.05) is 12.1 Å². The van der Waals surface area contributed by atoms with Crippen LogP contribution in [0.1, 0.15) is 39.2 Å². The Hall–Kier alpha value is -1.68. The van der Waals surface area contributed by atoms with Gasteiger partial charge in [-0.25, -0.2) is 4.99 Å². The number of aliphatic imine (C=N–C) groups is 3. The summed E-state index contributed by atoms with van der Waals surface area (Å²) < 4.78 is 0. The van der Waals surface area contributed by atoms with Gasteiger partial charge in [0.15, 0.2) is 0 Å². The number of fused-ring (bicyclic) bond motifs is 1. The Labute approximate surface area is 136 Å². The van der Waals surface area contributed by atoms with Gasteiger partial charge in [-0.05, 0) is 42.9 Å². The standard InChI is InChI=1S/C17H21ClN4/c1-16(2,12-4-6-13(18)7-5-12)8-9-17(3)14-15(20-10-19-14)21-11-22-17/h4-7,10-11,14H,8-9H2,1-3H3,(H,19,20,21,22). The Balaban J connectivity index is 1.73. The van der Waals surface area contributed by atoms with Crippen LogP contribution in [0, 0.1) is 0 Å². The average Bonchev–Trinajstić information content (AvgIpc) is 2.96. The van der Waals surface area contributed by atoms with Gasteiger partial charge >= 0.3 is 0 Å². The van der Waals surface area contributed by atoms with E-state index < -0.39 is 0 Å². The molecule has 2 unspecified atom stereocenters. The van der Waals surface area contributed by atoms with Gasteiger partial charge in [-0.3, -0.25) is 9.98 Å². The molecule has 1 aromatic carbocycles. The fourth-order valence-electron chi connectivity index (χ4n) is 3.00. The summed E-state index contributed by atoms with van der Waals surface area (Å²) in [7, 11) is 0. The molecular formula is C17H21ClN4. The number of rotatable bonds is 4. The number of halogens is 1. The Bertz CT molecular complexity index is 645. The molecular weight excluding hydrogens is 296 g/mol. The molecule has 0 bridgehead atoms. The molecule has 0 aliphatic carbocycles. The van der Waals surface area contributed by atoms with E-state index in [-0.39, 0.29) is 17.0 Å². The van der Waals surface area contributed by atoms with Crippen LogP contribution in [0.25, 0.3) is 0 Å². The Morgan fingerprint density at radius 3 is 2.73 bits per heavy atom. The van der Waals surface area contributed by atoms with E-state index in [0.717, 1.165) is 23.7 Å². The van der Waals surface area contributed by atoms with Gasteiger partial charge in [0.05, 0.1) is 11.9 Å². The van der Waals surface area contributed by atoms with Crippen LogP contribution in [0.5, 0.6) is 0 Å². The summed E-state index contributed by atoms with van der Waals surface area (Å²) in [6, 6.07) is 8.14. The predicted molar refractivity (Wildman–Crippen MR) is 93.5 cm³/mol. The second kappa shape index (κ2) is 5.51. The fourth-order valence-corrected chi connectivity index (χ4v) is 3.12. The minimum Gasteiger partial charge on any atom is -0.333 e. The molecule has 3 rings (SSSR count). The average molecular weight is 317 g/mol. The highest BCUT2D eigenvalue weighted by molar-refractivity contribution is 6.30. The van der Waals surface area contributed by atoms with Crippen LogP contribution in [0.15, 0.2) is 39.2 Å². The monoisotopic (exact) mass is 316 g/mol. The summed E-state index contributed by atoms with van der Waals surface area (Å²) in [4.78, 5) is 13.4. The van der Waals surface area contributed by atoms with E-state index in [2.05, 4.69) is 53.2 Å². The largest absolute Gasteiger partial charge is 0.333 e. The molecule has 22 heavy (non-hydrogen) atoms. The summed E-state index contributed by atoms with van der Waals surface area (Å²) in [6.07, 6.45) is 5.34. The van der Waals surface area contributed by atoms with Gasteiger partial charge in [0.25, 0.3) is 0 Å². The third-order valence-electron chi connectivity index (χ3n) is 4.72. The molecule has 0 fully saturated rings. The quantitative estimate of drug-likeness (QED) is 0.906. The van der Waals surface area contributed by atoms with Crippen LogP contribution in [0.3, 0.4) is 0 Å². The van der Waals surface area contributed by atoms with E-state index in [1.165, 1.54) is 5.56 Å². The first-order chi connectivity index (χ1) is 10.4. The lowest BCUT2D eigenvalue weighted by atomic mass is 9.75. The maximum absolute atomic E-state index is 5.99. The summed E-state index contributed by atoms with van der Waals surface area (Å²) >= 11 is 5.99. The second-order valence-corrected chi connectivity index (χ2v) is 7.27. The third-order valence-corrected chi connectivity index (χ3v) is 4.97. The van der Waals surface area contributed by atoms with E-state index in [0.29, 0.717) is 0 Å². The molecule has 116 valence electrons. The molecule has 0 amide bonds. The van der Waals surface area contributed by atoms with Crippen molar-refractivity contribution in [3.05, 3.63) is 34.9 Å². The van der Waals surface area contributed by atoms with Gasteiger partial charge in [-0.1, -0.05) is 37.6 Å². The van der Waals surface area contributed by atoms with Crippen molar-refractivity contribution >= 4 is 30.1 Å². The van der Waals surface area contributed by atoms with E-state index in [1.54, 1.807) is 12.7 Å². The molecule has 0 spiro atoms. The maximum atomic E-state index is 5.99. The van der Waals surface area contributed by atoms with Crippen molar-refractivity contribution in [2.75, 3.05) is 0 Å². The summed E-state index contributed by atoms with van der Waals surface area (Å²) in [5.41, 5.74) is 1.12. The molecule has 0 saturated carbocycles. The highest BCUT2D eigenvalue weighted by Crippen LogP contribution is 2.36. The third kappa shape index (κ3) is 2.80. The zero-order valence-corrected chi connectivity index (χ0v) is 13.9. The van der Waals surface area contributed by atoms with Gasteiger partial charge in [0.1, 0.15) is 18.2 Å². The van der Waals surface area contributed by atoms with Crippen LogP contribution in [-0.4, -0.2) is 30.1 Å². The lowest BCUT2D eigenvalue weighted by molar-refractivity contribution is 0.342. The number of hydrogen-bond donors (Lipinski definition) is 1. The van der Waals surface area contributed by atoms with Crippen LogP contribution in [0.2, 0.25) is 5.02 Å². The Morgan fingerprint density at radius 1 is 1.27 bits per heavy atom. The minimum absolute atomic E-state index is 0.0125. The highest BCUT2D eigenvalue weighted by Gasteiger charge is 2.41. The van der Waals surface area contributed by atoms with E-state index >= 15 is 0 Å². The zero-order valence-electron chi connectivity index (χ0n) is 13.2. The summed E-state index contributed by atoms with van der Waals surface area (Å²) in [5, 5.41) is 3.87. The Kier molecular flexibility index (Phi) is 3.81. The zero-order chi connectivity index (χ0) is 15.8. The van der Waals surface area contributed by atoms with Crippen LogP contribution in [0.4, 0.5) is 0 Å². The fraction of sp³-hybridized carbons (Fsp3) is 0.471. The van der Waals surface area contributed by atoms with Crippen molar-refractivity contribution < 1.29 is 0 Å². The van der Waals surface area contributed by atoms with Crippen molar-refractivity contribution in [3.8, 4) is 0 Å². The first-order valence-corrected chi connectivity index (χ1v) is 7.94. The number of nitrogens with one attached hydrogen (secondary N) is 1. The van der Waals surface area contributed by atoms with Crippen molar-refractivity contribution in [2.24, 2.45) is 15.0 Å². The molecule has 2 aliphatic heterocycles. The topological polar surface area (TPSA) is 49.1 Å². The Morgan fingerprint density at radius 2 is 2.00 bits per heavy atom. The SMILES string of the molecule is CC(C)(CCC1(C)N=CN=C2NC=NC21)c1ccc(Cl)cc1. The number of nitrogens with zero attached hydrogens (tertiary/aromatic N) is 3. The molecule has 0 radical (unpaired) electrons. The van der Waals surface area contributed by atoms with Crippen LogP contribution < -0.4 is 5.32 Å². The number of hydrogen-bond acceptors (Lipinski definition) is 4. The van der Waals surface area contributed by atoms with E-state index in [4.69, 9.17) is 11.6 Å². The molecule has 2 heterocycles. The van der Waals surface area contributed by atoms with Gasteiger partial charge in [0, 0.05) is 5.02 Å². The molecule has 0 aromatic heterocycles. The van der Waals surface area contributed by atoms with Gasteiger partial charge in [0.2, 0.25) is 0 Å². The molecule has 2 atom stereocenters. The number of amidine groups is 1. The van der Waals surface area contributed by atoms with Crippen molar-refractivity contribution in [3.63, 3.8) is 0 Å². The molecule has 0 saturated heterocycles. The van der Waals surface area contributed by atoms with Gasteiger partial charge in [-0.15, -0.1) is 0 Å². The number of benzene rings is 1. The second-order valence-electron chi connectivity index (χ2n) is 6.83. The van der Waals surface area contributed by atoms with Crippen molar-refractivity contribution in [2.45, 2.75) is 50.6 Å². The van der Waals surface area contributed by atoms with Crippen molar-refractivity contribution in [1.29, 1.82) is 0 Å².